The minimum absolute atomic E-state index is 0.280. The standard InChI is InChI=1S/C26H30Cl3N7O6S2/c1-13(14-9-10-14)42-24(40)31-16(15-7-5-4-6-8-15)19(37)30-17-20(38)36-18(22(39)41-11-26(27,28)29)25(2,44-21(17)36)12-43-23-32-33-34-35(23)3/h4-8,13-14,16-18,21H,9-12H2,1-3H3,(H,30,37)(H,31,40)/t13?,16?,17?,18?,21-,25?/m1/s1. The number of nitrogens with one attached hydrogen (secondary N) is 2. The Morgan fingerprint density at radius 1 is 1.23 bits per heavy atom. The molecular weight excluding hydrogens is 677 g/mol. The van der Waals surface area contributed by atoms with Crippen molar-refractivity contribution in [1.29, 1.82) is 0 Å². The van der Waals surface area contributed by atoms with E-state index in [9.17, 15) is 19.2 Å². The highest BCUT2D eigenvalue weighted by molar-refractivity contribution is 8.04. The lowest BCUT2D eigenvalue weighted by atomic mass is 9.95. The van der Waals surface area contributed by atoms with Crippen molar-refractivity contribution in [3.05, 3.63) is 35.9 Å². The third-order valence-corrected chi connectivity index (χ3v) is 11.0. The van der Waals surface area contributed by atoms with Gasteiger partial charge in [0.1, 0.15) is 36.2 Å². The summed E-state index contributed by atoms with van der Waals surface area (Å²) in [5, 5.41) is 16.8. The van der Waals surface area contributed by atoms with Crippen molar-refractivity contribution in [3.63, 3.8) is 0 Å². The number of tetrazole rings is 1. The molecule has 5 rings (SSSR count). The summed E-state index contributed by atoms with van der Waals surface area (Å²) in [5.74, 6) is -1.22. The van der Waals surface area contributed by atoms with Gasteiger partial charge in [-0.1, -0.05) is 76.9 Å². The van der Waals surface area contributed by atoms with Crippen molar-refractivity contribution in [2.45, 2.75) is 70.0 Å². The number of amides is 3. The van der Waals surface area contributed by atoms with Gasteiger partial charge in [0.25, 0.3) is 0 Å². The second kappa shape index (κ2) is 13.1. The number of halogens is 3. The Morgan fingerprint density at radius 2 is 1.93 bits per heavy atom. The summed E-state index contributed by atoms with van der Waals surface area (Å²) in [4.78, 5) is 54.6. The largest absolute Gasteiger partial charge is 0.460 e. The number of hydrogen-bond donors (Lipinski definition) is 2. The predicted molar refractivity (Wildman–Crippen MR) is 164 cm³/mol. The van der Waals surface area contributed by atoms with Crippen LogP contribution in [0.3, 0.4) is 0 Å². The van der Waals surface area contributed by atoms with E-state index in [1.54, 1.807) is 37.4 Å². The molecule has 2 aromatic rings. The second-order valence-corrected chi connectivity index (χ2v) is 16.1. The molecular formula is C26H30Cl3N7O6S2. The van der Waals surface area contributed by atoms with E-state index < -0.39 is 62.5 Å². The first kappa shape index (κ1) is 32.9. The molecule has 5 unspecified atom stereocenters. The van der Waals surface area contributed by atoms with Gasteiger partial charge in [0, 0.05) is 12.8 Å². The first-order valence-electron chi connectivity index (χ1n) is 13.7. The number of ether oxygens (including phenoxy) is 2. The van der Waals surface area contributed by atoms with E-state index in [0.717, 1.165) is 12.8 Å². The lowest BCUT2D eigenvalue weighted by Crippen LogP contribution is -2.71. The van der Waals surface area contributed by atoms with Crippen LogP contribution in [0.5, 0.6) is 0 Å². The average molecular weight is 707 g/mol. The van der Waals surface area contributed by atoms with Gasteiger partial charge in [-0.05, 0) is 48.6 Å². The van der Waals surface area contributed by atoms with Crippen LogP contribution in [0.15, 0.2) is 35.5 Å². The molecule has 0 radical (unpaired) electrons. The number of thioether (sulfide) groups is 2. The minimum atomic E-state index is -1.84. The van der Waals surface area contributed by atoms with E-state index in [2.05, 4.69) is 26.2 Å². The molecule has 3 heterocycles. The number of aryl methyl sites for hydroxylation is 1. The highest BCUT2D eigenvalue weighted by Gasteiger charge is 2.66. The van der Waals surface area contributed by atoms with Crippen LogP contribution in [0.4, 0.5) is 4.79 Å². The first-order valence-corrected chi connectivity index (χ1v) is 16.7. The molecule has 238 valence electrons. The molecule has 0 bridgehead atoms. The van der Waals surface area contributed by atoms with E-state index >= 15 is 0 Å². The quantitative estimate of drug-likeness (QED) is 0.153. The molecule has 0 spiro atoms. The van der Waals surface area contributed by atoms with E-state index in [1.165, 1.54) is 33.1 Å². The fraction of sp³-hybridized carbons (Fsp3) is 0.577. The molecule has 3 amide bonds. The average Bonchev–Trinajstić information content (AvgIpc) is 3.69. The van der Waals surface area contributed by atoms with Gasteiger partial charge in [0.05, 0.1) is 4.75 Å². The van der Waals surface area contributed by atoms with Crippen molar-refractivity contribution in [2.75, 3.05) is 12.4 Å². The molecule has 6 atom stereocenters. The number of fused-ring (bicyclic) bond motifs is 1. The number of aromatic nitrogens is 4. The van der Waals surface area contributed by atoms with Crippen LogP contribution in [0.1, 0.15) is 38.3 Å². The zero-order valence-corrected chi connectivity index (χ0v) is 27.7. The Morgan fingerprint density at radius 3 is 2.55 bits per heavy atom. The van der Waals surface area contributed by atoms with Gasteiger partial charge in [0.2, 0.25) is 20.8 Å². The van der Waals surface area contributed by atoms with Crippen LogP contribution >= 0.6 is 58.3 Å². The van der Waals surface area contributed by atoms with Gasteiger partial charge >= 0.3 is 12.1 Å². The number of carbonyl (C=O) groups is 4. The third kappa shape index (κ3) is 7.33. The van der Waals surface area contributed by atoms with E-state index in [-0.39, 0.29) is 6.10 Å². The molecule has 1 saturated carbocycles. The minimum Gasteiger partial charge on any atom is -0.460 e. The van der Waals surface area contributed by atoms with E-state index in [0.29, 0.717) is 22.4 Å². The van der Waals surface area contributed by atoms with Crippen molar-refractivity contribution in [1.82, 2.24) is 35.7 Å². The summed E-state index contributed by atoms with van der Waals surface area (Å²) in [5.41, 5.74) is 0.510. The molecule has 2 N–H and O–H groups in total. The van der Waals surface area contributed by atoms with Gasteiger partial charge in [-0.3, -0.25) is 9.59 Å². The van der Waals surface area contributed by atoms with Crippen molar-refractivity contribution in [2.24, 2.45) is 13.0 Å². The van der Waals surface area contributed by atoms with E-state index in [1.807, 2.05) is 13.8 Å². The Labute approximate surface area is 276 Å². The fourth-order valence-electron chi connectivity index (χ4n) is 5.08. The SMILES string of the molecule is CC(OC(=O)NC(C(=O)NC1C(=O)N2C(C(=O)OCC(Cl)(Cl)Cl)C(C)(CSc3nnnn3C)S[C@H]12)c1ccccc1)C1CC1. The Bertz CT molecular complexity index is 1410. The Kier molecular flexibility index (Phi) is 9.81. The smallest absolute Gasteiger partial charge is 0.408 e. The van der Waals surface area contributed by atoms with Gasteiger partial charge < -0.3 is 25.0 Å². The Balaban J connectivity index is 1.32. The van der Waals surface area contributed by atoms with Crippen molar-refractivity contribution in [3.8, 4) is 0 Å². The van der Waals surface area contributed by atoms with E-state index in [4.69, 9.17) is 44.3 Å². The number of hydrogen-bond acceptors (Lipinski definition) is 11. The maximum absolute atomic E-state index is 13.6. The van der Waals surface area contributed by atoms with Gasteiger partial charge in [-0.25, -0.2) is 14.3 Å². The molecule has 44 heavy (non-hydrogen) atoms. The number of benzene rings is 1. The van der Waals surface area contributed by atoms with Crippen molar-refractivity contribution >= 4 is 82.2 Å². The maximum atomic E-state index is 13.6. The summed E-state index contributed by atoms with van der Waals surface area (Å²) in [6, 6.07) is 5.49. The number of β-lactam (4-membered cyclic amide) rings is 1. The highest BCUT2D eigenvalue weighted by Crippen LogP contribution is 2.53. The molecule has 3 fully saturated rings. The molecule has 1 aliphatic carbocycles. The lowest BCUT2D eigenvalue weighted by Gasteiger charge is -2.44. The topological polar surface area (TPSA) is 158 Å². The number of nitrogens with zero attached hydrogens (tertiary/aromatic N) is 5. The monoisotopic (exact) mass is 705 g/mol. The maximum Gasteiger partial charge on any atom is 0.408 e. The van der Waals surface area contributed by atoms with Crippen LogP contribution in [0.25, 0.3) is 0 Å². The summed E-state index contributed by atoms with van der Waals surface area (Å²) in [6.45, 7) is 3.12. The van der Waals surface area contributed by atoms with Gasteiger partial charge in [-0.2, -0.15) is 0 Å². The lowest BCUT2D eigenvalue weighted by molar-refractivity contribution is -0.164. The zero-order valence-electron chi connectivity index (χ0n) is 23.8. The highest BCUT2D eigenvalue weighted by atomic mass is 35.6. The number of esters is 1. The van der Waals surface area contributed by atoms with Crippen molar-refractivity contribution < 1.29 is 28.7 Å². The molecule has 1 aromatic carbocycles. The van der Waals surface area contributed by atoms with Gasteiger partial charge in [-0.15, -0.1) is 16.9 Å². The Hall–Kier alpha value is -2.46. The fourth-order valence-corrected chi connectivity index (χ4v) is 8.13. The summed E-state index contributed by atoms with van der Waals surface area (Å²) in [6.07, 6.45) is 0.965. The van der Waals surface area contributed by atoms with Gasteiger partial charge in [0.15, 0.2) is 0 Å². The molecule has 13 nitrogen and oxygen atoms in total. The molecule has 3 aliphatic rings. The van der Waals surface area contributed by atoms with Crippen LogP contribution in [-0.2, 0) is 30.9 Å². The van der Waals surface area contributed by atoms with Crippen LogP contribution in [0, 0.1) is 5.92 Å². The molecule has 2 saturated heterocycles. The van der Waals surface area contributed by atoms with Crippen LogP contribution in [-0.4, -0.2) is 93.4 Å². The summed E-state index contributed by atoms with van der Waals surface area (Å²) in [7, 11) is 1.68. The predicted octanol–water partition coefficient (Wildman–Crippen LogP) is 3.01. The summed E-state index contributed by atoms with van der Waals surface area (Å²) >= 11 is 20.0. The number of alkyl halides is 3. The zero-order chi connectivity index (χ0) is 31.8. The molecule has 18 heteroatoms. The normalized spacial score (nSPS) is 25.8. The molecule has 1 aromatic heterocycles. The third-order valence-electron chi connectivity index (χ3n) is 7.53. The second-order valence-electron chi connectivity index (χ2n) is 11.0. The number of carbonyl (C=O) groups excluding carboxylic acids is 4. The number of rotatable bonds is 11. The molecule has 2 aliphatic heterocycles. The van der Waals surface area contributed by atoms with Crippen LogP contribution in [0.2, 0.25) is 0 Å². The summed E-state index contributed by atoms with van der Waals surface area (Å²) < 4.78 is 9.54. The van der Waals surface area contributed by atoms with Crippen LogP contribution < -0.4 is 10.6 Å². The number of alkyl carbamates (subject to hydrolysis) is 1. The first-order chi connectivity index (χ1) is 20.8.